The van der Waals surface area contributed by atoms with Gasteiger partial charge in [0, 0.05) is 16.5 Å². The molecular formula is C20H19N3OS. The van der Waals surface area contributed by atoms with Gasteiger partial charge in [0.05, 0.1) is 25.1 Å². The molecule has 3 aromatic rings. The second-order valence-electron chi connectivity index (χ2n) is 5.28. The molecule has 0 unspecified atom stereocenters. The maximum Gasteiger partial charge on any atom is 0.203 e. The fourth-order valence-electron chi connectivity index (χ4n) is 2.27. The Bertz CT molecular complexity index is 843. The Kier molecular flexibility index (Phi) is 6.09. The molecule has 0 atom stereocenters. The van der Waals surface area contributed by atoms with Gasteiger partial charge in [0.1, 0.15) is 0 Å². The van der Waals surface area contributed by atoms with Crippen molar-refractivity contribution in [1.82, 2.24) is 4.98 Å². The summed E-state index contributed by atoms with van der Waals surface area (Å²) in [7, 11) is 0. The third-order valence-corrected chi connectivity index (χ3v) is 4.23. The molecule has 0 saturated carbocycles. The van der Waals surface area contributed by atoms with Gasteiger partial charge in [-0.3, -0.25) is 5.43 Å². The Labute approximate surface area is 151 Å². The van der Waals surface area contributed by atoms with E-state index in [1.165, 1.54) is 11.3 Å². The first kappa shape index (κ1) is 17.1. The van der Waals surface area contributed by atoms with Crippen LogP contribution in [0.3, 0.4) is 0 Å². The Balaban J connectivity index is 1.64. The van der Waals surface area contributed by atoms with Crippen molar-refractivity contribution in [3.05, 3.63) is 83.8 Å². The molecule has 0 spiro atoms. The van der Waals surface area contributed by atoms with Crippen molar-refractivity contribution in [1.29, 1.82) is 0 Å². The molecule has 1 aromatic heterocycles. The molecule has 126 valence electrons. The van der Waals surface area contributed by atoms with E-state index in [0.29, 0.717) is 13.2 Å². The maximum absolute atomic E-state index is 5.52. The van der Waals surface area contributed by atoms with E-state index in [0.717, 1.165) is 27.5 Å². The zero-order valence-electron chi connectivity index (χ0n) is 13.8. The minimum absolute atomic E-state index is 0.531. The number of thiazole rings is 1. The molecule has 1 heterocycles. The smallest absolute Gasteiger partial charge is 0.203 e. The third-order valence-electron chi connectivity index (χ3n) is 3.49. The molecule has 0 radical (unpaired) electrons. The number of benzene rings is 2. The normalized spacial score (nSPS) is 10.9. The molecule has 2 aromatic carbocycles. The van der Waals surface area contributed by atoms with Gasteiger partial charge in [-0.05, 0) is 5.56 Å². The van der Waals surface area contributed by atoms with Gasteiger partial charge in [-0.1, -0.05) is 60.7 Å². The molecular weight excluding hydrogens is 330 g/mol. The predicted molar refractivity (Wildman–Crippen MR) is 105 cm³/mol. The highest BCUT2D eigenvalue weighted by molar-refractivity contribution is 7.14. The van der Waals surface area contributed by atoms with Crippen LogP contribution in [0.2, 0.25) is 0 Å². The van der Waals surface area contributed by atoms with Crippen LogP contribution in [0.5, 0.6) is 0 Å². The predicted octanol–water partition coefficient (Wildman–Crippen LogP) is 4.96. The minimum Gasteiger partial charge on any atom is -0.373 e. The summed E-state index contributed by atoms with van der Waals surface area (Å²) in [6, 6.07) is 18.1. The first-order valence-electron chi connectivity index (χ1n) is 7.93. The van der Waals surface area contributed by atoms with E-state index in [1.807, 2.05) is 60.0 Å². The molecule has 1 N–H and O–H groups in total. The summed E-state index contributed by atoms with van der Waals surface area (Å²) >= 11 is 1.53. The maximum atomic E-state index is 5.52. The third kappa shape index (κ3) is 4.86. The quantitative estimate of drug-likeness (QED) is 0.271. The van der Waals surface area contributed by atoms with Crippen LogP contribution < -0.4 is 5.43 Å². The van der Waals surface area contributed by atoms with Crippen molar-refractivity contribution in [3.8, 4) is 11.3 Å². The molecule has 0 saturated heterocycles. The molecule has 0 amide bonds. The van der Waals surface area contributed by atoms with Crippen molar-refractivity contribution in [2.45, 2.75) is 6.61 Å². The summed E-state index contributed by atoms with van der Waals surface area (Å²) < 4.78 is 5.52. The van der Waals surface area contributed by atoms with Gasteiger partial charge in [0.15, 0.2) is 0 Å². The largest absolute Gasteiger partial charge is 0.373 e. The van der Waals surface area contributed by atoms with Crippen LogP contribution in [0.1, 0.15) is 11.1 Å². The summed E-state index contributed by atoms with van der Waals surface area (Å²) in [6.07, 6.45) is 3.53. The lowest BCUT2D eigenvalue weighted by atomic mass is 10.1. The van der Waals surface area contributed by atoms with E-state index >= 15 is 0 Å². The number of ether oxygens (including phenoxy) is 1. The van der Waals surface area contributed by atoms with Crippen LogP contribution in [0.15, 0.2) is 77.7 Å². The number of hydrazone groups is 1. The van der Waals surface area contributed by atoms with Crippen LogP contribution in [0.4, 0.5) is 5.13 Å². The average molecular weight is 349 g/mol. The first-order valence-corrected chi connectivity index (χ1v) is 8.81. The highest BCUT2D eigenvalue weighted by Gasteiger charge is 2.03. The van der Waals surface area contributed by atoms with E-state index in [9.17, 15) is 0 Å². The molecule has 25 heavy (non-hydrogen) atoms. The summed E-state index contributed by atoms with van der Waals surface area (Å²) in [5.41, 5.74) is 7.14. The number of hydrogen-bond acceptors (Lipinski definition) is 5. The lowest BCUT2D eigenvalue weighted by Crippen LogP contribution is -1.98. The molecule has 0 aliphatic heterocycles. The second kappa shape index (κ2) is 8.92. The standard InChI is InChI=1S/C20H19N3OS/c1-2-12-24-14-18-11-7-6-10-17(18)13-21-23-20-22-19(15-25-20)16-8-4-3-5-9-16/h2-11,13,15H,1,12,14H2,(H,22,23). The average Bonchev–Trinajstić information content (AvgIpc) is 3.13. The van der Waals surface area contributed by atoms with Crippen molar-refractivity contribution >= 4 is 22.7 Å². The molecule has 0 aliphatic carbocycles. The van der Waals surface area contributed by atoms with E-state index < -0.39 is 0 Å². The number of rotatable bonds is 8. The molecule has 0 aliphatic rings. The molecule has 3 rings (SSSR count). The monoisotopic (exact) mass is 349 g/mol. The van der Waals surface area contributed by atoms with Crippen molar-refractivity contribution in [2.24, 2.45) is 5.10 Å². The number of anilines is 1. The van der Waals surface area contributed by atoms with Crippen LogP contribution in [-0.4, -0.2) is 17.8 Å². The van der Waals surface area contributed by atoms with Gasteiger partial charge >= 0.3 is 0 Å². The zero-order chi connectivity index (χ0) is 17.3. The lowest BCUT2D eigenvalue weighted by Gasteiger charge is -2.05. The topological polar surface area (TPSA) is 46.5 Å². The van der Waals surface area contributed by atoms with Gasteiger partial charge in [0.25, 0.3) is 0 Å². The Morgan fingerprint density at radius 3 is 2.76 bits per heavy atom. The zero-order valence-corrected chi connectivity index (χ0v) is 14.6. The fourth-order valence-corrected chi connectivity index (χ4v) is 2.94. The van der Waals surface area contributed by atoms with E-state index in [4.69, 9.17) is 4.74 Å². The molecule has 5 heteroatoms. The molecule has 4 nitrogen and oxygen atoms in total. The van der Waals surface area contributed by atoms with Crippen LogP contribution in [-0.2, 0) is 11.3 Å². The first-order chi connectivity index (χ1) is 12.4. The molecule has 0 bridgehead atoms. The van der Waals surface area contributed by atoms with Gasteiger partial charge < -0.3 is 4.74 Å². The van der Waals surface area contributed by atoms with Crippen molar-refractivity contribution in [2.75, 3.05) is 12.0 Å². The van der Waals surface area contributed by atoms with Gasteiger partial charge in [-0.2, -0.15) is 5.10 Å². The molecule has 0 fully saturated rings. The van der Waals surface area contributed by atoms with Crippen molar-refractivity contribution < 1.29 is 4.74 Å². The summed E-state index contributed by atoms with van der Waals surface area (Å²) in [5, 5.41) is 7.08. The van der Waals surface area contributed by atoms with Crippen molar-refractivity contribution in [3.63, 3.8) is 0 Å². The Morgan fingerprint density at radius 1 is 1.12 bits per heavy atom. The minimum atomic E-state index is 0.531. The van der Waals surface area contributed by atoms with Gasteiger partial charge in [-0.25, -0.2) is 4.98 Å². The number of nitrogens with one attached hydrogen (secondary N) is 1. The van der Waals surface area contributed by atoms with Gasteiger partial charge in [0.2, 0.25) is 5.13 Å². The van der Waals surface area contributed by atoms with Crippen LogP contribution in [0, 0.1) is 0 Å². The highest BCUT2D eigenvalue weighted by Crippen LogP contribution is 2.24. The fraction of sp³-hybridized carbons (Fsp3) is 0.100. The number of hydrogen-bond donors (Lipinski definition) is 1. The van der Waals surface area contributed by atoms with Crippen LogP contribution >= 0.6 is 11.3 Å². The lowest BCUT2D eigenvalue weighted by molar-refractivity contribution is 0.149. The van der Waals surface area contributed by atoms with Crippen LogP contribution in [0.25, 0.3) is 11.3 Å². The summed E-state index contributed by atoms with van der Waals surface area (Å²) in [6.45, 7) is 4.72. The van der Waals surface area contributed by atoms with E-state index in [-0.39, 0.29) is 0 Å². The Morgan fingerprint density at radius 2 is 1.92 bits per heavy atom. The second-order valence-corrected chi connectivity index (χ2v) is 6.13. The number of aromatic nitrogens is 1. The Hall–Kier alpha value is -2.76. The number of nitrogens with zero attached hydrogens (tertiary/aromatic N) is 2. The highest BCUT2D eigenvalue weighted by atomic mass is 32.1. The summed E-state index contributed by atoms with van der Waals surface area (Å²) in [5.74, 6) is 0. The van der Waals surface area contributed by atoms with E-state index in [2.05, 4.69) is 22.1 Å². The van der Waals surface area contributed by atoms with Gasteiger partial charge in [-0.15, -0.1) is 17.9 Å². The summed E-state index contributed by atoms with van der Waals surface area (Å²) in [4.78, 5) is 4.55. The SMILES string of the molecule is C=CCOCc1ccccc1C=NNc1nc(-c2ccccc2)cs1. The van der Waals surface area contributed by atoms with E-state index in [1.54, 1.807) is 12.3 Å².